The van der Waals surface area contributed by atoms with E-state index in [4.69, 9.17) is 0 Å². The van der Waals surface area contributed by atoms with Crippen molar-refractivity contribution < 1.29 is 0 Å². The molecule has 18 heavy (non-hydrogen) atoms. The molecule has 0 radical (unpaired) electrons. The monoisotopic (exact) mass is 246 g/mol. The van der Waals surface area contributed by atoms with Crippen molar-refractivity contribution in [3.8, 4) is 0 Å². The van der Waals surface area contributed by atoms with Gasteiger partial charge in [0.25, 0.3) is 0 Å². The van der Waals surface area contributed by atoms with Crippen molar-refractivity contribution >= 4 is 0 Å². The molecule has 2 heteroatoms. The number of benzene rings is 1. The zero-order chi connectivity index (χ0) is 12.8. The fourth-order valence-electron chi connectivity index (χ4n) is 2.58. The molecule has 1 saturated heterocycles. The van der Waals surface area contributed by atoms with Gasteiger partial charge in [0, 0.05) is 0 Å². The first-order valence-electron chi connectivity index (χ1n) is 7.23. The Morgan fingerprint density at radius 1 is 1.22 bits per heavy atom. The average molecular weight is 246 g/mol. The molecule has 1 fully saturated rings. The van der Waals surface area contributed by atoms with Crippen molar-refractivity contribution in [3.05, 3.63) is 34.9 Å². The van der Waals surface area contributed by atoms with Crippen LogP contribution in [0.25, 0.3) is 0 Å². The van der Waals surface area contributed by atoms with E-state index in [1.165, 1.54) is 42.6 Å². The van der Waals surface area contributed by atoms with Gasteiger partial charge in [-0.25, -0.2) is 0 Å². The Bertz CT molecular complexity index is 367. The molecule has 100 valence electrons. The summed E-state index contributed by atoms with van der Waals surface area (Å²) in [7, 11) is 0. The lowest BCUT2D eigenvalue weighted by Crippen LogP contribution is -2.21. The Hall–Kier alpha value is -0.860. The summed E-state index contributed by atoms with van der Waals surface area (Å²) in [5, 5.41) is 6.99. The Morgan fingerprint density at radius 2 is 2.11 bits per heavy atom. The third-order valence-electron chi connectivity index (χ3n) is 4.05. The van der Waals surface area contributed by atoms with Crippen LogP contribution in [0, 0.1) is 19.8 Å². The van der Waals surface area contributed by atoms with E-state index in [0.29, 0.717) is 0 Å². The normalized spacial score (nSPS) is 19.3. The highest BCUT2D eigenvalue weighted by Crippen LogP contribution is 2.11. The first kappa shape index (κ1) is 13.6. The molecule has 1 unspecified atom stereocenters. The van der Waals surface area contributed by atoms with E-state index in [-0.39, 0.29) is 0 Å². The minimum atomic E-state index is 0.902. The second-order valence-corrected chi connectivity index (χ2v) is 5.57. The molecule has 0 aliphatic carbocycles. The second kappa shape index (κ2) is 6.91. The van der Waals surface area contributed by atoms with Crippen LogP contribution in [0.3, 0.4) is 0 Å². The van der Waals surface area contributed by atoms with Crippen LogP contribution in [0.15, 0.2) is 18.2 Å². The highest BCUT2D eigenvalue weighted by molar-refractivity contribution is 5.29. The third kappa shape index (κ3) is 4.11. The van der Waals surface area contributed by atoms with E-state index >= 15 is 0 Å². The van der Waals surface area contributed by atoms with Gasteiger partial charge in [-0.2, -0.15) is 0 Å². The minimum Gasteiger partial charge on any atom is -0.316 e. The number of hydrogen-bond donors (Lipinski definition) is 2. The molecule has 0 bridgehead atoms. The lowest BCUT2D eigenvalue weighted by molar-refractivity contribution is 0.501. The fraction of sp³-hybridized carbons (Fsp3) is 0.625. The van der Waals surface area contributed by atoms with Crippen molar-refractivity contribution in [2.24, 2.45) is 5.92 Å². The first-order valence-corrected chi connectivity index (χ1v) is 7.23. The summed E-state index contributed by atoms with van der Waals surface area (Å²) in [6.07, 6.45) is 3.82. The molecule has 1 aliphatic heterocycles. The quantitative estimate of drug-likeness (QED) is 0.753. The summed E-state index contributed by atoms with van der Waals surface area (Å²) >= 11 is 0. The van der Waals surface area contributed by atoms with Crippen LogP contribution < -0.4 is 10.6 Å². The van der Waals surface area contributed by atoms with Gasteiger partial charge in [-0.15, -0.1) is 0 Å². The topological polar surface area (TPSA) is 24.1 Å². The molecule has 1 aromatic rings. The van der Waals surface area contributed by atoms with E-state index in [2.05, 4.69) is 42.7 Å². The van der Waals surface area contributed by atoms with E-state index in [0.717, 1.165) is 25.4 Å². The summed E-state index contributed by atoms with van der Waals surface area (Å²) in [4.78, 5) is 0. The van der Waals surface area contributed by atoms with Crippen LogP contribution in [0.2, 0.25) is 0 Å². The van der Waals surface area contributed by atoms with Crippen LogP contribution in [0.1, 0.15) is 29.5 Å². The summed E-state index contributed by atoms with van der Waals surface area (Å²) in [6.45, 7) is 9.07. The zero-order valence-electron chi connectivity index (χ0n) is 11.8. The number of hydrogen-bond acceptors (Lipinski definition) is 2. The number of aryl methyl sites for hydroxylation is 2. The molecule has 2 N–H and O–H groups in total. The van der Waals surface area contributed by atoms with Crippen LogP contribution in [0.4, 0.5) is 0 Å². The third-order valence-corrected chi connectivity index (χ3v) is 4.05. The molecule has 0 aromatic heterocycles. The highest BCUT2D eigenvalue weighted by Gasteiger charge is 2.12. The summed E-state index contributed by atoms with van der Waals surface area (Å²) in [6, 6.07) is 6.80. The zero-order valence-corrected chi connectivity index (χ0v) is 11.8. The van der Waals surface area contributed by atoms with Gasteiger partial charge in [-0.1, -0.05) is 18.2 Å². The summed E-state index contributed by atoms with van der Waals surface area (Å²) < 4.78 is 0. The summed E-state index contributed by atoms with van der Waals surface area (Å²) in [5.74, 6) is 0.902. The average Bonchev–Trinajstić information content (AvgIpc) is 2.86. The van der Waals surface area contributed by atoms with Gasteiger partial charge in [-0.3, -0.25) is 0 Å². The molecular formula is C16H26N2. The molecule has 0 spiro atoms. The van der Waals surface area contributed by atoms with Crippen molar-refractivity contribution in [2.45, 2.75) is 33.1 Å². The molecule has 1 aromatic carbocycles. The van der Waals surface area contributed by atoms with E-state index in [1.807, 2.05) is 0 Å². The lowest BCUT2D eigenvalue weighted by Gasteiger charge is -2.10. The van der Waals surface area contributed by atoms with Crippen LogP contribution in [0.5, 0.6) is 0 Å². The fourth-order valence-corrected chi connectivity index (χ4v) is 2.58. The predicted octanol–water partition coefficient (Wildman–Crippen LogP) is 2.44. The molecular weight excluding hydrogens is 220 g/mol. The van der Waals surface area contributed by atoms with Gasteiger partial charge in [-0.05, 0) is 81.9 Å². The smallest absolute Gasteiger partial charge is 0.000835 e. The molecule has 2 nitrogen and oxygen atoms in total. The minimum absolute atomic E-state index is 0.902. The molecule has 1 atom stereocenters. The standard InChI is InChI=1S/C16H26N2/c1-13-3-4-15(11-14(13)2)5-8-17-9-6-16-7-10-18-12-16/h3-4,11,16-18H,5-10,12H2,1-2H3. The van der Waals surface area contributed by atoms with Crippen LogP contribution in [-0.2, 0) is 6.42 Å². The molecule has 1 heterocycles. The van der Waals surface area contributed by atoms with Crippen molar-refractivity contribution in [1.82, 2.24) is 10.6 Å². The maximum atomic E-state index is 3.57. The van der Waals surface area contributed by atoms with Crippen LogP contribution in [-0.4, -0.2) is 26.2 Å². The van der Waals surface area contributed by atoms with Crippen molar-refractivity contribution in [3.63, 3.8) is 0 Å². The van der Waals surface area contributed by atoms with E-state index in [1.54, 1.807) is 0 Å². The number of nitrogens with one attached hydrogen (secondary N) is 2. The van der Waals surface area contributed by atoms with Gasteiger partial charge < -0.3 is 10.6 Å². The van der Waals surface area contributed by atoms with Crippen molar-refractivity contribution in [1.29, 1.82) is 0 Å². The lowest BCUT2D eigenvalue weighted by atomic mass is 10.0. The molecule has 1 aliphatic rings. The summed E-state index contributed by atoms with van der Waals surface area (Å²) in [5.41, 5.74) is 4.25. The van der Waals surface area contributed by atoms with Gasteiger partial charge in [0.05, 0.1) is 0 Å². The van der Waals surface area contributed by atoms with Gasteiger partial charge in [0.2, 0.25) is 0 Å². The molecule has 0 saturated carbocycles. The Kier molecular flexibility index (Phi) is 5.21. The largest absolute Gasteiger partial charge is 0.316 e. The molecule has 0 amide bonds. The number of rotatable bonds is 6. The predicted molar refractivity (Wildman–Crippen MR) is 78.1 cm³/mol. The van der Waals surface area contributed by atoms with E-state index in [9.17, 15) is 0 Å². The SMILES string of the molecule is Cc1ccc(CCNCCC2CCNC2)cc1C. The Morgan fingerprint density at radius 3 is 2.83 bits per heavy atom. The first-order chi connectivity index (χ1) is 8.75. The maximum Gasteiger partial charge on any atom is -0.000835 e. The Labute approximate surface area is 111 Å². The van der Waals surface area contributed by atoms with Crippen molar-refractivity contribution in [2.75, 3.05) is 26.2 Å². The van der Waals surface area contributed by atoms with E-state index < -0.39 is 0 Å². The van der Waals surface area contributed by atoms with Gasteiger partial charge in [0.15, 0.2) is 0 Å². The Balaban J connectivity index is 1.61. The van der Waals surface area contributed by atoms with Gasteiger partial charge in [0.1, 0.15) is 0 Å². The molecule has 2 rings (SSSR count). The second-order valence-electron chi connectivity index (χ2n) is 5.57. The van der Waals surface area contributed by atoms with Gasteiger partial charge >= 0.3 is 0 Å². The van der Waals surface area contributed by atoms with Crippen LogP contribution >= 0.6 is 0 Å². The maximum absolute atomic E-state index is 3.57. The highest BCUT2D eigenvalue weighted by atomic mass is 14.9.